The predicted molar refractivity (Wildman–Crippen MR) is 280 cm³/mol. The molecule has 0 saturated carbocycles. The molecule has 0 aliphatic rings. The van der Waals surface area contributed by atoms with Gasteiger partial charge in [-0.1, -0.05) is 212 Å². The van der Waals surface area contributed by atoms with E-state index in [1.165, 1.54) is 77.1 Å². The van der Waals surface area contributed by atoms with Gasteiger partial charge in [0.25, 0.3) is 0 Å². The molecule has 310 valence electrons. The van der Waals surface area contributed by atoms with Crippen molar-refractivity contribution < 1.29 is 0 Å². The van der Waals surface area contributed by atoms with Gasteiger partial charge in [0.15, 0.2) is 0 Å². The van der Waals surface area contributed by atoms with Gasteiger partial charge in [0, 0.05) is 33.4 Å². The first-order valence-corrected chi connectivity index (χ1v) is 22.7. The molecule has 1 heterocycles. The third kappa shape index (κ3) is 6.93. The largest absolute Gasteiger partial charge is 0.310 e. The Kier molecular flexibility index (Phi) is 9.89. The third-order valence-corrected chi connectivity index (χ3v) is 13.0. The van der Waals surface area contributed by atoms with E-state index in [1.54, 1.807) is 0 Å². The predicted octanol–water partition coefficient (Wildman–Crippen LogP) is 17.7. The Morgan fingerprint density at radius 3 is 1.55 bits per heavy atom. The van der Waals surface area contributed by atoms with Crippen molar-refractivity contribution in [1.82, 2.24) is 4.57 Å². The highest BCUT2D eigenvalue weighted by Gasteiger charge is 2.23. The molecule has 0 N–H and O–H groups in total. The molecule has 0 unspecified atom stereocenters. The van der Waals surface area contributed by atoms with E-state index in [0.717, 1.165) is 33.8 Å². The zero-order valence-corrected chi connectivity index (χ0v) is 36.3. The molecule has 12 rings (SSSR count). The van der Waals surface area contributed by atoms with E-state index < -0.39 is 0 Å². The van der Waals surface area contributed by atoms with Crippen LogP contribution in [0.2, 0.25) is 0 Å². The van der Waals surface area contributed by atoms with Crippen LogP contribution in [-0.4, -0.2) is 4.57 Å². The van der Waals surface area contributed by atoms with Gasteiger partial charge in [0.2, 0.25) is 0 Å². The van der Waals surface area contributed by atoms with E-state index in [0.29, 0.717) is 0 Å². The summed E-state index contributed by atoms with van der Waals surface area (Å²) in [5.74, 6) is 0. The summed E-state index contributed by atoms with van der Waals surface area (Å²) < 4.78 is 2.44. The molecule has 0 bridgehead atoms. The molecule has 0 fully saturated rings. The zero-order chi connectivity index (χ0) is 43.8. The third-order valence-electron chi connectivity index (χ3n) is 13.0. The Balaban J connectivity index is 1.10. The summed E-state index contributed by atoms with van der Waals surface area (Å²) in [6, 6.07) is 97.0. The molecule has 0 saturated heterocycles. The van der Waals surface area contributed by atoms with Crippen molar-refractivity contribution in [2.24, 2.45) is 0 Å². The van der Waals surface area contributed by atoms with E-state index in [-0.39, 0.29) is 0 Å². The Bertz CT molecular complexity index is 3650. The number of para-hydroxylation sites is 1. The maximum Gasteiger partial charge on any atom is 0.0562 e. The fraction of sp³-hybridized carbons (Fsp3) is 0. The van der Waals surface area contributed by atoms with E-state index in [9.17, 15) is 0 Å². The van der Waals surface area contributed by atoms with E-state index >= 15 is 0 Å². The second kappa shape index (κ2) is 16.8. The van der Waals surface area contributed by atoms with Crippen LogP contribution in [0, 0.1) is 0 Å². The lowest BCUT2D eigenvalue weighted by atomic mass is 9.91. The number of rotatable bonds is 9. The van der Waals surface area contributed by atoms with Crippen LogP contribution in [0.5, 0.6) is 0 Å². The lowest BCUT2D eigenvalue weighted by molar-refractivity contribution is 1.18. The summed E-state index contributed by atoms with van der Waals surface area (Å²) in [7, 11) is 0. The summed E-state index contributed by atoms with van der Waals surface area (Å²) in [5.41, 5.74) is 18.6. The summed E-state index contributed by atoms with van der Waals surface area (Å²) in [5, 5.41) is 4.86. The number of aromatic nitrogens is 1. The smallest absolute Gasteiger partial charge is 0.0562 e. The van der Waals surface area contributed by atoms with Gasteiger partial charge in [-0.05, 0) is 115 Å². The van der Waals surface area contributed by atoms with Crippen LogP contribution < -0.4 is 4.90 Å². The van der Waals surface area contributed by atoms with Gasteiger partial charge < -0.3 is 9.47 Å². The van der Waals surface area contributed by atoms with Crippen LogP contribution in [0.25, 0.3) is 93.9 Å². The number of fused-ring (bicyclic) bond motifs is 4. The first-order chi connectivity index (χ1) is 32.8. The number of hydrogen-bond donors (Lipinski definition) is 0. The molecule has 2 nitrogen and oxygen atoms in total. The van der Waals surface area contributed by atoms with Crippen molar-refractivity contribution in [2.45, 2.75) is 0 Å². The van der Waals surface area contributed by atoms with Crippen molar-refractivity contribution in [2.75, 3.05) is 4.90 Å². The molecule has 0 aliphatic heterocycles. The standard InChI is InChI=1S/C64H44N2/c1-6-19-45(20-7-1)51-35-40-55(46-21-8-2-9-22-46)59(43-51)49-33-37-53(38-34-49)65(61-42-36-48-25-16-17-30-56(48)63(61)50-26-12-4-13-27-50)54-39-41-58-62(44-54)66(52-28-14-5-15-29-52)60-32-18-31-57(64(58)60)47-23-10-3-11-24-47/h1-44H. The average molecular weight is 841 g/mol. The molecule has 11 aromatic carbocycles. The van der Waals surface area contributed by atoms with Gasteiger partial charge in [-0.15, -0.1) is 0 Å². The van der Waals surface area contributed by atoms with Gasteiger partial charge in [0.1, 0.15) is 0 Å². The fourth-order valence-corrected chi connectivity index (χ4v) is 9.94. The van der Waals surface area contributed by atoms with Crippen molar-refractivity contribution in [3.8, 4) is 61.3 Å². The van der Waals surface area contributed by atoms with Crippen LogP contribution in [0.4, 0.5) is 17.1 Å². The number of hydrogen-bond acceptors (Lipinski definition) is 1. The SMILES string of the molecule is c1ccc(-c2ccc(-c3ccccc3)c(-c3ccc(N(c4ccc5c6c(-c7ccccc7)cccc6n(-c6ccccc6)c5c4)c4ccc5ccccc5c4-c4ccccc4)cc3)c2)cc1. The number of anilines is 3. The summed E-state index contributed by atoms with van der Waals surface area (Å²) in [6.45, 7) is 0. The Morgan fingerprint density at radius 2 is 0.848 bits per heavy atom. The first kappa shape index (κ1) is 38.9. The Morgan fingerprint density at radius 1 is 0.288 bits per heavy atom. The monoisotopic (exact) mass is 840 g/mol. The quantitative estimate of drug-likeness (QED) is 0.141. The van der Waals surface area contributed by atoms with Crippen LogP contribution >= 0.6 is 0 Å². The molecule has 0 spiro atoms. The van der Waals surface area contributed by atoms with Gasteiger partial charge in [0.05, 0.1) is 16.7 Å². The van der Waals surface area contributed by atoms with E-state index in [2.05, 4.69) is 276 Å². The van der Waals surface area contributed by atoms with Gasteiger partial charge in [-0.25, -0.2) is 0 Å². The number of benzene rings is 11. The van der Waals surface area contributed by atoms with Gasteiger partial charge >= 0.3 is 0 Å². The highest BCUT2D eigenvalue weighted by molar-refractivity contribution is 6.17. The molecule has 12 aromatic rings. The maximum absolute atomic E-state index is 2.46. The summed E-state index contributed by atoms with van der Waals surface area (Å²) in [6.07, 6.45) is 0. The lowest BCUT2D eigenvalue weighted by Crippen LogP contribution is -2.11. The van der Waals surface area contributed by atoms with Crippen LogP contribution in [0.15, 0.2) is 267 Å². The van der Waals surface area contributed by atoms with Crippen molar-refractivity contribution in [3.63, 3.8) is 0 Å². The van der Waals surface area contributed by atoms with Crippen molar-refractivity contribution >= 4 is 49.6 Å². The normalized spacial score (nSPS) is 11.3. The molecule has 1 aromatic heterocycles. The molecular formula is C64H44N2. The molecule has 0 radical (unpaired) electrons. The summed E-state index contributed by atoms with van der Waals surface area (Å²) in [4.78, 5) is 2.46. The average Bonchev–Trinajstić information content (AvgIpc) is 3.74. The molecule has 0 amide bonds. The zero-order valence-electron chi connectivity index (χ0n) is 36.3. The van der Waals surface area contributed by atoms with Gasteiger partial charge in [-0.2, -0.15) is 0 Å². The van der Waals surface area contributed by atoms with Crippen LogP contribution in [-0.2, 0) is 0 Å². The van der Waals surface area contributed by atoms with Crippen molar-refractivity contribution in [1.29, 1.82) is 0 Å². The minimum atomic E-state index is 1.07. The fourth-order valence-electron chi connectivity index (χ4n) is 9.94. The lowest BCUT2D eigenvalue weighted by Gasteiger charge is -2.29. The van der Waals surface area contributed by atoms with E-state index in [1.807, 2.05) is 0 Å². The second-order valence-electron chi connectivity index (χ2n) is 16.9. The molecule has 0 atom stereocenters. The maximum atomic E-state index is 2.46. The van der Waals surface area contributed by atoms with E-state index in [4.69, 9.17) is 0 Å². The number of nitrogens with zero attached hydrogens (tertiary/aromatic N) is 2. The minimum Gasteiger partial charge on any atom is -0.310 e. The Hall–Kier alpha value is -8.72. The second-order valence-corrected chi connectivity index (χ2v) is 16.9. The minimum absolute atomic E-state index is 1.07. The highest BCUT2D eigenvalue weighted by atomic mass is 15.1. The Labute approximate surface area is 385 Å². The first-order valence-electron chi connectivity index (χ1n) is 22.7. The highest BCUT2D eigenvalue weighted by Crippen LogP contribution is 2.47. The molecule has 0 aliphatic carbocycles. The van der Waals surface area contributed by atoms with Crippen LogP contribution in [0.3, 0.4) is 0 Å². The van der Waals surface area contributed by atoms with Crippen LogP contribution in [0.1, 0.15) is 0 Å². The molecule has 66 heavy (non-hydrogen) atoms. The topological polar surface area (TPSA) is 8.17 Å². The van der Waals surface area contributed by atoms with Crippen molar-refractivity contribution in [3.05, 3.63) is 267 Å². The molecule has 2 heteroatoms. The summed E-state index contributed by atoms with van der Waals surface area (Å²) >= 11 is 0. The van der Waals surface area contributed by atoms with Gasteiger partial charge in [-0.3, -0.25) is 0 Å². The molecular weight excluding hydrogens is 797 g/mol.